The van der Waals surface area contributed by atoms with Crippen LogP contribution in [0.5, 0.6) is 0 Å². The molecule has 0 radical (unpaired) electrons. The molecule has 13 heavy (non-hydrogen) atoms. The second-order valence-corrected chi connectivity index (χ2v) is 3.82. The van der Waals surface area contributed by atoms with Crippen LogP contribution in [0.2, 0.25) is 0 Å². The fourth-order valence-corrected chi connectivity index (χ4v) is 1.74. The Balaban J connectivity index is 2.25. The molecular weight excluding hydrogens is 166 g/mol. The van der Waals surface area contributed by atoms with Crippen molar-refractivity contribution in [3.8, 4) is 0 Å². The summed E-state index contributed by atoms with van der Waals surface area (Å²) in [5.41, 5.74) is 0. The summed E-state index contributed by atoms with van der Waals surface area (Å²) >= 11 is 0. The van der Waals surface area contributed by atoms with Crippen LogP contribution >= 0.6 is 0 Å². The molecule has 78 valence electrons. The van der Waals surface area contributed by atoms with Crippen molar-refractivity contribution in [3.63, 3.8) is 0 Å². The Hall–Kier alpha value is -0.120. The Morgan fingerprint density at radius 3 is 2.69 bits per heavy atom. The third-order valence-electron chi connectivity index (χ3n) is 2.68. The van der Waals surface area contributed by atoms with Gasteiger partial charge in [-0.05, 0) is 26.2 Å². The summed E-state index contributed by atoms with van der Waals surface area (Å²) in [5.74, 6) is 0. The Kier molecular flexibility index (Phi) is 4.70. The van der Waals surface area contributed by atoms with Crippen molar-refractivity contribution in [3.05, 3.63) is 0 Å². The number of nitrogens with zero attached hydrogens (tertiary/aromatic N) is 1. The maximum absolute atomic E-state index is 8.91. The molecule has 0 bridgehead atoms. The van der Waals surface area contributed by atoms with E-state index in [9.17, 15) is 0 Å². The van der Waals surface area contributed by atoms with Crippen LogP contribution in [0.25, 0.3) is 0 Å². The van der Waals surface area contributed by atoms with Gasteiger partial charge in [0, 0.05) is 32.3 Å². The number of aliphatic hydroxyl groups excluding tert-OH is 1. The smallest absolute Gasteiger partial charge is 0.0558 e. The molecule has 0 spiro atoms. The van der Waals surface area contributed by atoms with Gasteiger partial charge in [-0.2, -0.15) is 0 Å². The zero-order chi connectivity index (χ0) is 9.68. The van der Waals surface area contributed by atoms with Gasteiger partial charge in [-0.3, -0.25) is 4.90 Å². The maximum atomic E-state index is 8.91. The Morgan fingerprint density at radius 2 is 2.23 bits per heavy atom. The molecule has 1 rings (SSSR count). The van der Waals surface area contributed by atoms with Crippen LogP contribution < -0.4 is 0 Å². The van der Waals surface area contributed by atoms with E-state index in [4.69, 9.17) is 9.84 Å². The van der Waals surface area contributed by atoms with E-state index in [0.717, 1.165) is 25.6 Å². The summed E-state index contributed by atoms with van der Waals surface area (Å²) < 4.78 is 5.05. The van der Waals surface area contributed by atoms with Crippen molar-refractivity contribution >= 4 is 0 Å². The second kappa shape index (κ2) is 5.58. The van der Waals surface area contributed by atoms with Gasteiger partial charge in [-0.25, -0.2) is 0 Å². The first-order valence-corrected chi connectivity index (χ1v) is 5.15. The zero-order valence-corrected chi connectivity index (χ0v) is 8.70. The molecule has 0 aromatic heterocycles. The van der Waals surface area contributed by atoms with Crippen LogP contribution in [0.15, 0.2) is 0 Å². The third-order valence-corrected chi connectivity index (χ3v) is 2.68. The molecule has 0 aliphatic heterocycles. The predicted molar refractivity (Wildman–Crippen MR) is 52.8 cm³/mol. The highest BCUT2D eigenvalue weighted by Crippen LogP contribution is 2.28. The minimum absolute atomic E-state index is 0.272. The van der Waals surface area contributed by atoms with Gasteiger partial charge < -0.3 is 9.84 Å². The molecule has 1 unspecified atom stereocenters. The highest BCUT2D eigenvalue weighted by molar-refractivity contribution is 4.87. The Labute approximate surface area is 80.7 Å². The standard InChI is InChI=1S/C10H21NO2/c1-9(5-8-13-2)11(6-7-12)10-3-4-10/h9-10,12H,3-8H2,1-2H3. The molecule has 0 aromatic rings. The Morgan fingerprint density at radius 1 is 1.54 bits per heavy atom. The summed E-state index contributed by atoms with van der Waals surface area (Å²) in [6.07, 6.45) is 3.67. The summed E-state index contributed by atoms with van der Waals surface area (Å²) in [4.78, 5) is 2.40. The van der Waals surface area contributed by atoms with Crippen molar-refractivity contribution in [1.82, 2.24) is 4.90 Å². The molecule has 3 heteroatoms. The molecule has 0 amide bonds. The van der Waals surface area contributed by atoms with E-state index in [-0.39, 0.29) is 6.61 Å². The van der Waals surface area contributed by atoms with E-state index in [1.165, 1.54) is 12.8 Å². The fourth-order valence-electron chi connectivity index (χ4n) is 1.74. The quantitative estimate of drug-likeness (QED) is 0.642. The highest BCUT2D eigenvalue weighted by Gasteiger charge is 2.31. The normalized spacial score (nSPS) is 19.4. The lowest BCUT2D eigenvalue weighted by molar-refractivity contribution is 0.114. The fraction of sp³-hybridized carbons (Fsp3) is 1.00. The van der Waals surface area contributed by atoms with Gasteiger partial charge in [-0.15, -0.1) is 0 Å². The lowest BCUT2D eigenvalue weighted by atomic mass is 10.2. The summed E-state index contributed by atoms with van der Waals surface area (Å²) in [7, 11) is 1.74. The van der Waals surface area contributed by atoms with Crippen LogP contribution in [-0.4, -0.2) is 49.0 Å². The first kappa shape index (κ1) is 11.0. The molecular formula is C10H21NO2. The van der Waals surface area contributed by atoms with E-state index in [0.29, 0.717) is 6.04 Å². The number of rotatable bonds is 7. The van der Waals surface area contributed by atoms with E-state index in [1.807, 2.05) is 0 Å². The van der Waals surface area contributed by atoms with Crippen LogP contribution in [-0.2, 0) is 4.74 Å². The summed E-state index contributed by atoms with van der Waals surface area (Å²) in [6.45, 7) is 4.12. The first-order valence-electron chi connectivity index (χ1n) is 5.15. The molecule has 1 aliphatic rings. The minimum atomic E-state index is 0.272. The average Bonchev–Trinajstić information content (AvgIpc) is 2.93. The number of hydrogen-bond donors (Lipinski definition) is 1. The number of aliphatic hydroxyl groups is 1. The highest BCUT2D eigenvalue weighted by atomic mass is 16.5. The largest absolute Gasteiger partial charge is 0.395 e. The van der Waals surface area contributed by atoms with Crippen molar-refractivity contribution in [2.75, 3.05) is 26.9 Å². The SMILES string of the molecule is COCCC(C)N(CCO)C1CC1. The lowest BCUT2D eigenvalue weighted by Crippen LogP contribution is -2.37. The van der Waals surface area contributed by atoms with Crippen molar-refractivity contribution in [2.24, 2.45) is 0 Å². The lowest BCUT2D eigenvalue weighted by Gasteiger charge is -2.28. The van der Waals surface area contributed by atoms with E-state index in [2.05, 4.69) is 11.8 Å². The average molecular weight is 187 g/mol. The van der Waals surface area contributed by atoms with E-state index >= 15 is 0 Å². The molecule has 0 heterocycles. The van der Waals surface area contributed by atoms with Gasteiger partial charge in [0.05, 0.1) is 6.61 Å². The minimum Gasteiger partial charge on any atom is -0.395 e. The van der Waals surface area contributed by atoms with Crippen molar-refractivity contribution in [1.29, 1.82) is 0 Å². The summed E-state index contributed by atoms with van der Waals surface area (Å²) in [6, 6.07) is 1.28. The van der Waals surface area contributed by atoms with Crippen LogP contribution in [0.1, 0.15) is 26.2 Å². The van der Waals surface area contributed by atoms with Gasteiger partial charge in [0.25, 0.3) is 0 Å². The molecule has 1 N–H and O–H groups in total. The van der Waals surface area contributed by atoms with E-state index in [1.54, 1.807) is 7.11 Å². The monoisotopic (exact) mass is 187 g/mol. The van der Waals surface area contributed by atoms with Gasteiger partial charge >= 0.3 is 0 Å². The van der Waals surface area contributed by atoms with Gasteiger partial charge in [0.1, 0.15) is 0 Å². The van der Waals surface area contributed by atoms with Gasteiger partial charge in [0.15, 0.2) is 0 Å². The number of methoxy groups -OCH3 is 1. The van der Waals surface area contributed by atoms with Crippen LogP contribution in [0.4, 0.5) is 0 Å². The summed E-state index contributed by atoms with van der Waals surface area (Å²) in [5, 5.41) is 8.91. The van der Waals surface area contributed by atoms with Crippen LogP contribution in [0.3, 0.4) is 0 Å². The molecule has 1 atom stereocenters. The predicted octanol–water partition coefficient (Wildman–Crippen LogP) is 0.868. The van der Waals surface area contributed by atoms with Crippen molar-refractivity contribution in [2.45, 2.75) is 38.3 Å². The third kappa shape index (κ3) is 3.63. The molecule has 3 nitrogen and oxygen atoms in total. The molecule has 1 aliphatic carbocycles. The first-order chi connectivity index (χ1) is 6.29. The van der Waals surface area contributed by atoms with Gasteiger partial charge in [0.2, 0.25) is 0 Å². The number of hydrogen-bond acceptors (Lipinski definition) is 3. The molecule has 0 aromatic carbocycles. The topological polar surface area (TPSA) is 32.7 Å². The Bertz CT molecular complexity index is 137. The zero-order valence-electron chi connectivity index (χ0n) is 8.70. The number of ether oxygens (including phenoxy) is 1. The molecule has 1 fully saturated rings. The van der Waals surface area contributed by atoms with E-state index < -0.39 is 0 Å². The maximum Gasteiger partial charge on any atom is 0.0558 e. The second-order valence-electron chi connectivity index (χ2n) is 3.82. The molecule has 1 saturated carbocycles. The molecule has 0 saturated heterocycles. The van der Waals surface area contributed by atoms with Crippen molar-refractivity contribution < 1.29 is 9.84 Å². The van der Waals surface area contributed by atoms with Crippen LogP contribution in [0, 0.1) is 0 Å². The van der Waals surface area contributed by atoms with Gasteiger partial charge in [-0.1, -0.05) is 0 Å².